The van der Waals surface area contributed by atoms with Gasteiger partial charge in [0.15, 0.2) is 0 Å². The van der Waals surface area contributed by atoms with Crippen molar-refractivity contribution >= 4 is 23.5 Å². The summed E-state index contributed by atoms with van der Waals surface area (Å²) in [5.74, 6) is -1.08. The van der Waals surface area contributed by atoms with Crippen LogP contribution in [0.2, 0.25) is 0 Å². The monoisotopic (exact) mass is 366 g/mol. The van der Waals surface area contributed by atoms with Gasteiger partial charge in [-0.15, -0.1) is 0 Å². The minimum atomic E-state index is -0.850. The molecule has 0 unspecified atom stereocenters. The maximum Gasteiger partial charge on any atom is 0.339 e. The molecule has 0 aromatic heterocycles. The zero-order valence-corrected chi connectivity index (χ0v) is 15.9. The zero-order chi connectivity index (χ0) is 19.8. The van der Waals surface area contributed by atoms with Gasteiger partial charge >= 0.3 is 17.8 Å². The second-order valence-corrected chi connectivity index (χ2v) is 7.46. The highest BCUT2D eigenvalue weighted by Gasteiger charge is 2.45. The van der Waals surface area contributed by atoms with Gasteiger partial charge < -0.3 is 4.74 Å². The molecular weight excluding hydrogens is 344 g/mol. The molecule has 0 bridgehead atoms. The van der Waals surface area contributed by atoms with Gasteiger partial charge in [0.25, 0.3) is 0 Å². The minimum Gasteiger partial charge on any atom is -0.497 e. The van der Waals surface area contributed by atoms with Crippen LogP contribution in [-0.2, 0) is 21.5 Å². The van der Waals surface area contributed by atoms with Crippen molar-refractivity contribution in [2.45, 2.75) is 32.7 Å². The molecule has 0 aliphatic carbocycles. The van der Waals surface area contributed by atoms with E-state index in [1.54, 1.807) is 24.3 Å². The first kappa shape index (κ1) is 18.6. The van der Waals surface area contributed by atoms with Gasteiger partial charge in [-0.1, -0.05) is 45.0 Å². The standard InChI is InChI=1S/C21H22N2O4/c1-21(2,3)15-7-5-14(6-8-15)13-22-18(24)19(25)23(20(22)26)16-9-11-17(27-4)12-10-16/h5-12H,13H2,1-4H3. The molecule has 1 fully saturated rings. The van der Waals surface area contributed by atoms with Gasteiger partial charge in [0.05, 0.1) is 19.3 Å². The van der Waals surface area contributed by atoms with Crippen molar-refractivity contribution in [2.24, 2.45) is 0 Å². The molecule has 140 valence electrons. The summed E-state index contributed by atoms with van der Waals surface area (Å²) >= 11 is 0. The van der Waals surface area contributed by atoms with Crippen LogP contribution in [0.5, 0.6) is 5.75 Å². The van der Waals surface area contributed by atoms with E-state index in [1.807, 2.05) is 24.3 Å². The van der Waals surface area contributed by atoms with Crippen LogP contribution in [0.25, 0.3) is 0 Å². The summed E-state index contributed by atoms with van der Waals surface area (Å²) in [6, 6.07) is 13.5. The molecule has 0 atom stereocenters. The molecule has 0 N–H and O–H groups in total. The van der Waals surface area contributed by atoms with Crippen molar-refractivity contribution < 1.29 is 19.1 Å². The fraction of sp³-hybridized carbons (Fsp3) is 0.286. The van der Waals surface area contributed by atoms with Crippen molar-refractivity contribution in [2.75, 3.05) is 12.0 Å². The van der Waals surface area contributed by atoms with Gasteiger partial charge in [0.2, 0.25) is 0 Å². The quantitative estimate of drug-likeness (QED) is 0.614. The Labute approximate surface area is 158 Å². The van der Waals surface area contributed by atoms with Gasteiger partial charge in [0, 0.05) is 0 Å². The lowest BCUT2D eigenvalue weighted by Crippen LogP contribution is -2.33. The molecular formula is C21H22N2O4. The van der Waals surface area contributed by atoms with E-state index in [-0.39, 0.29) is 12.0 Å². The van der Waals surface area contributed by atoms with Crippen molar-refractivity contribution in [3.05, 3.63) is 59.7 Å². The van der Waals surface area contributed by atoms with Gasteiger partial charge in [-0.05, 0) is 40.8 Å². The van der Waals surface area contributed by atoms with Crippen molar-refractivity contribution in [1.82, 2.24) is 4.90 Å². The third-order valence-corrected chi connectivity index (χ3v) is 4.54. The summed E-state index contributed by atoms with van der Waals surface area (Å²) in [4.78, 5) is 39.2. The second-order valence-electron chi connectivity index (χ2n) is 7.46. The first-order valence-corrected chi connectivity index (χ1v) is 8.66. The molecule has 0 radical (unpaired) electrons. The number of ether oxygens (including phenoxy) is 1. The molecule has 6 heteroatoms. The molecule has 1 saturated heterocycles. The maximum absolute atomic E-state index is 12.7. The number of methoxy groups -OCH3 is 1. The highest BCUT2D eigenvalue weighted by Crippen LogP contribution is 2.27. The van der Waals surface area contributed by atoms with Gasteiger partial charge in [-0.25, -0.2) is 9.69 Å². The van der Waals surface area contributed by atoms with E-state index in [0.717, 1.165) is 20.9 Å². The van der Waals surface area contributed by atoms with Gasteiger partial charge in [-0.3, -0.25) is 14.5 Å². The Morgan fingerprint density at radius 2 is 1.44 bits per heavy atom. The minimum absolute atomic E-state index is 0.0128. The summed E-state index contributed by atoms with van der Waals surface area (Å²) < 4.78 is 5.07. The second kappa shape index (κ2) is 6.87. The number of hydrogen-bond acceptors (Lipinski definition) is 4. The van der Waals surface area contributed by atoms with Crippen LogP contribution >= 0.6 is 0 Å². The Balaban J connectivity index is 1.81. The third kappa shape index (κ3) is 3.56. The van der Waals surface area contributed by atoms with E-state index in [9.17, 15) is 14.4 Å². The van der Waals surface area contributed by atoms with Crippen LogP contribution < -0.4 is 9.64 Å². The Morgan fingerprint density at radius 1 is 0.852 bits per heavy atom. The Kier molecular flexibility index (Phi) is 4.74. The average Bonchev–Trinajstić information content (AvgIpc) is 2.85. The van der Waals surface area contributed by atoms with Crippen molar-refractivity contribution in [1.29, 1.82) is 0 Å². The Hall–Kier alpha value is -3.15. The van der Waals surface area contributed by atoms with Crippen LogP contribution in [0.3, 0.4) is 0 Å². The molecule has 27 heavy (non-hydrogen) atoms. The average molecular weight is 366 g/mol. The normalized spacial score (nSPS) is 14.9. The first-order chi connectivity index (χ1) is 12.7. The number of urea groups is 1. The van der Waals surface area contributed by atoms with E-state index in [2.05, 4.69) is 20.8 Å². The van der Waals surface area contributed by atoms with Gasteiger partial charge in [-0.2, -0.15) is 0 Å². The number of nitrogens with zero attached hydrogens (tertiary/aromatic N) is 2. The van der Waals surface area contributed by atoms with Crippen molar-refractivity contribution in [3.63, 3.8) is 0 Å². The van der Waals surface area contributed by atoms with Gasteiger partial charge in [0.1, 0.15) is 5.75 Å². The predicted molar refractivity (Wildman–Crippen MR) is 102 cm³/mol. The molecule has 2 aromatic rings. The number of imide groups is 2. The summed E-state index contributed by atoms with van der Waals surface area (Å²) in [6.07, 6.45) is 0. The summed E-state index contributed by atoms with van der Waals surface area (Å²) in [5, 5.41) is 0. The number of hydrogen-bond donors (Lipinski definition) is 0. The number of anilines is 1. The number of carbonyl (C=O) groups is 3. The highest BCUT2D eigenvalue weighted by atomic mass is 16.5. The number of carbonyl (C=O) groups excluding carboxylic acids is 3. The third-order valence-electron chi connectivity index (χ3n) is 4.54. The van der Waals surface area contributed by atoms with E-state index in [4.69, 9.17) is 4.74 Å². The smallest absolute Gasteiger partial charge is 0.339 e. The van der Waals surface area contributed by atoms with E-state index in [1.165, 1.54) is 7.11 Å². The Morgan fingerprint density at radius 3 is 1.96 bits per heavy atom. The largest absolute Gasteiger partial charge is 0.497 e. The zero-order valence-electron chi connectivity index (χ0n) is 15.9. The van der Waals surface area contributed by atoms with E-state index in [0.29, 0.717) is 11.4 Å². The molecule has 2 aromatic carbocycles. The highest BCUT2D eigenvalue weighted by molar-refractivity contribution is 6.52. The summed E-state index contributed by atoms with van der Waals surface area (Å²) in [6.45, 7) is 6.39. The molecule has 6 nitrogen and oxygen atoms in total. The summed E-state index contributed by atoms with van der Waals surface area (Å²) in [7, 11) is 1.53. The number of amides is 4. The molecule has 1 aliphatic rings. The molecule has 0 spiro atoms. The lowest BCUT2D eigenvalue weighted by Gasteiger charge is -2.20. The van der Waals surface area contributed by atoms with Crippen LogP contribution in [0, 0.1) is 0 Å². The fourth-order valence-corrected chi connectivity index (χ4v) is 2.90. The summed E-state index contributed by atoms with van der Waals surface area (Å²) in [5.41, 5.74) is 2.29. The first-order valence-electron chi connectivity index (χ1n) is 8.66. The van der Waals surface area contributed by atoms with E-state index >= 15 is 0 Å². The number of rotatable bonds is 4. The molecule has 1 aliphatic heterocycles. The lowest BCUT2D eigenvalue weighted by atomic mass is 9.87. The molecule has 1 heterocycles. The van der Waals surface area contributed by atoms with Crippen LogP contribution in [-0.4, -0.2) is 29.9 Å². The van der Waals surface area contributed by atoms with Crippen LogP contribution in [0.4, 0.5) is 10.5 Å². The number of benzene rings is 2. The van der Waals surface area contributed by atoms with Crippen molar-refractivity contribution in [3.8, 4) is 5.75 Å². The molecule has 4 amide bonds. The maximum atomic E-state index is 12.7. The lowest BCUT2D eigenvalue weighted by molar-refractivity contribution is -0.139. The SMILES string of the molecule is COc1ccc(N2C(=O)C(=O)N(Cc3ccc(C(C)(C)C)cc3)C2=O)cc1. The Bertz CT molecular complexity index is 880. The van der Waals surface area contributed by atoms with E-state index < -0.39 is 17.8 Å². The van der Waals surface area contributed by atoms with Crippen LogP contribution in [0.15, 0.2) is 48.5 Å². The fourth-order valence-electron chi connectivity index (χ4n) is 2.90. The topological polar surface area (TPSA) is 66.9 Å². The molecule has 0 saturated carbocycles. The molecule has 3 rings (SSSR count). The predicted octanol–water partition coefficient (Wildman–Crippen LogP) is 3.49. The van der Waals surface area contributed by atoms with Crippen LogP contribution in [0.1, 0.15) is 31.9 Å².